The van der Waals surface area contributed by atoms with Crippen molar-refractivity contribution in [1.29, 1.82) is 0 Å². The van der Waals surface area contributed by atoms with Crippen molar-refractivity contribution in [3.05, 3.63) is 160 Å². The predicted molar refractivity (Wildman–Crippen MR) is 178 cm³/mol. The van der Waals surface area contributed by atoms with E-state index in [0.29, 0.717) is 0 Å². The fraction of sp³-hybridized carbons (Fsp3) is 0.171. The molecule has 1 spiro atoms. The summed E-state index contributed by atoms with van der Waals surface area (Å²) in [5.41, 5.74) is 16.7. The molecule has 44 heavy (non-hydrogen) atoms. The smallest absolute Gasteiger partial charge is 0.108 e. The third-order valence-corrected chi connectivity index (χ3v) is 10.1. The second-order valence-electron chi connectivity index (χ2n) is 12.6. The van der Waals surface area contributed by atoms with Gasteiger partial charge in [0, 0.05) is 29.9 Å². The number of furan rings is 2. The molecule has 3 nitrogen and oxygen atoms in total. The Morgan fingerprint density at radius 3 is 1.34 bits per heavy atom. The molecule has 2 aliphatic carbocycles. The topological polar surface area (TPSA) is 29.5 Å². The third-order valence-electron chi connectivity index (χ3n) is 10.1. The Balaban J connectivity index is 1.24. The van der Waals surface area contributed by atoms with Crippen molar-refractivity contribution in [2.75, 3.05) is 18.0 Å². The van der Waals surface area contributed by atoms with Crippen molar-refractivity contribution in [1.82, 2.24) is 0 Å². The fourth-order valence-electron chi connectivity index (χ4n) is 8.45. The zero-order chi connectivity index (χ0) is 29.7. The van der Waals surface area contributed by atoms with Crippen LogP contribution in [0.2, 0.25) is 0 Å². The highest BCUT2D eigenvalue weighted by atomic mass is 16.3. The van der Waals surface area contributed by atoms with E-state index >= 15 is 0 Å². The number of hydrogen-bond donors (Lipinski definition) is 0. The third kappa shape index (κ3) is 3.27. The molecule has 0 fully saturated rings. The first-order chi connectivity index (χ1) is 21.4. The van der Waals surface area contributed by atoms with Crippen molar-refractivity contribution in [2.24, 2.45) is 0 Å². The summed E-state index contributed by atoms with van der Waals surface area (Å²) in [6.45, 7) is 9.84. The minimum absolute atomic E-state index is 0.343. The molecule has 4 aromatic carbocycles. The predicted octanol–water partition coefficient (Wildman–Crippen LogP) is 9.88. The minimum Gasteiger partial charge on any atom is -0.466 e. The molecule has 6 aromatic rings. The van der Waals surface area contributed by atoms with Gasteiger partial charge in [-0.1, -0.05) is 78.9 Å². The quantitative estimate of drug-likeness (QED) is 0.211. The van der Waals surface area contributed by atoms with E-state index < -0.39 is 0 Å². The lowest BCUT2D eigenvalue weighted by Gasteiger charge is -2.31. The Morgan fingerprint density at radius 2 is 0.909 bits per heavy atom. The van der Waals surface area contributed by atoms with Crippen molar-refractivity contribution in [3.63, 3.8) is 0 Å². The van der Waals surface area contributed by atoms with E-state index in [1.54, 1.807) is 0 Å². The van der Waals surface area contributed by atoms with Gasteiger partial charge in [0.15, 0.2) is 0 Å². The molecule has 1 aliphatic heterocycles. The Hall–Kier alpha value is -5.02. The molecule has 3 heteroatoms. The molecule has 9 rings (SSSR count). The highest BCUT2D eigenvalue weighted by molar-refractivity contribution is 6.00. The van der Waals surface area contributed by atoms with Crippen molar-refractivity contribution in [3.8, 4) is 22.3 Å². The first-order valence-corrected chi connectivity index (χ1v) is 15.5. The summed E-state index contributed by atoms with van der Waals surface area (Å²) < 4.78 is 12.1. The number of benzene rings is 4. The lowest BCUT2D eigenvalue weighted by atomic mass is 9.70. The number of hydrogen-bond acceptors (Lipinski definition) is 3. The van der Waals surface area contributed by atoms with Crippen LogP contribution in [-0.2, 0) is 5.41 Å². The van der Waals surface area contributed by atoms with E-state index in [1.807, 2.05) is 13.8 Å². The van der Waals surface area contributed by atoms with Crippen LogP contribution in [0.15, 0.2) is 112 Å². The first-order valence-electron chi connectivity index (χ1n) is 15.5. The van der Waals surface area contributed by atoms with Gasteiger partial charge in [-0.15, -0.1) is 0 Å². The van der Waals surface area contributed by atoms with Gasteiger partial charge in [-0.2, -0.15) is 0 Å². The highest BCUT2D eigenvalue weighted by Crippen LogP contribution is 2.63. The maximum atomic E-state index is 6.04. The summed E-state index contributed by atoms with van der Waals surface area (Å²) in [5.74, 6) is 3.83. The van der Waals surface area contributed by atoms with E-state index in [0.717, 1.165) is 36.1 Å². The Morgan fingerprint density at radius 1 is 0.477 bits per heavy atom. The molecule has 3 aliphatic rings. The average Bonchev–Trinajstić information content (AvgIpc) is 3.83. The lowest BCUT2D eigenvalue weighted by Crippen LogP contribution is -2.27. The molecular weight excluding hydrogens is 538 g/mol. The molecule has 0 amide bonds. The molecule has 3 heterocycles. The average molecular weight is 572 g/mol. The normalized spacial score (nSPS) is 15.6. The van der Waals surface area contributed by atoms with E-state index in [-0.39, 0.29) is 5.41 Å². The molecule has 214 valence electrons. The van der Waals surface area contributed by atoms with Crippen molar-refractivity contribution in [2.45, 2.75) is 33.1 Å². The largest absolute Gasteiger partial charge is 0.466 e. The SMILES string of the molecule is Cc1cc(C2=C(c3cc(C)oc3C)CN(c3ccc4c(c3)C3(c5ccccc5-c5ccccc53)c3ccccc3-4)C2)c(C)o1. The van der Waals surface area contributed by atoms with Crippen molar-refractivity contribution >= 4 is 16.8 Å². The second kappa shape index (κ2) is 9.00. The van der Waals surface area contributed by atoms with Crippen LogP contribution in [0.25, 0.3) is 33.4 Å². The standard InChI is InChI=1S/C41H33NO2/c1-24-19-33(26(3)43-24)35-22-42(23-36(35)34-20-25(2)44-27(34)4)28-17-18-32-31-13-7-10-16-39(31)41(40(32)21-28)37-14-8-5-11-29(37)30-12-6-9-15-38(30)41/h5-21H,22-23H2,1-4H3. The van der Waals surface area contributed by atoms with Gasteiger partial charge < -0.3 is 13.7 Å². The van der Waals surface area contributed by atoms with Crippen LogP contribution < -0.4 is 4.90 Å². The fourth-order valence-corrected chi connectivity index (χ4v) is 8.45. The number of fused-ring (bicyclic) bond motifs is 10. The van der Waals surface area contributed by atoms with Gasteiger partial charge in [0.25, 0.3) is 0 Å². The van der Waals surface area contributed by atoms with Crippen molar-refractivity contribution < 1.29 is 8.83 Å². The summed E-state index contributed by atoms with van der Waals surface area (Å²) in [4.78, 5) is 2.53. The zero-order valence-corrected chi connectivity index (χ0v) is 25.5. The Bertz CT molecular complexity index is 2070. The number of nitrogens with zero attached hydrogens (tertiary/aromatic N) is 1. The zero-order valence-electron chi connectivity index (χ0n) is 25.5. The molecule has 0 saturated carbocycles. The lowest BCUT2D eigenvalue weighted by molar-refractivity contribution is 0.503. The number of rotatable bonds is 3. The summed E-state index contributed by atoms with van der Waals surface area (Å²) in [6.07, 6.45) is 0. The molecule has 0 saturated heterocycles. The first kappa shape index (κ1) is 25.5. The number of aryl methyl sites for hydroxylation is 4. The van der Waals surface area contributed by atoms with Gasteiger partial charge in [-0.3, -0.25) is 0 Å². The van der Waals surface area contributed by atoms with Crippen LogP contribution in [0.1, 0.15) is 56.4 Å². The summed E-state index contributed by atoms with van der Waals surface area (Å²) >= 11 is 0. The van der Waals surface area contributed by atoms with Gasteiger partial charge in [0.05, 0.1) is 5.41 Å². The van der Waals surface area contributed by atoms with Crippen LogP contribution in [0, 0.1) is 27.7 Å². The van der Waals surface area contributed by atoms with Gasteiger partial charge in [-0.25, -0.2) is 0 Å². The molecule has 0 N–H and O–H groups in total. The number of anilines is 1. The molecule has 0 atom stereocenters. The molecule has 2 aromatic heterocycles. The summed E-state index contributed by atoms with van der Waals surface area (Å²) in [5, 5.41) is 0. The van der Waals surface area contributed by atoms with E-state index in [1.165, 1.54) is 72.5 Å². The molecule has 0 radical (unpaired) electrons. The van der Waals surface area contributed by atoms with Gasteiger partial charge in [0.2, 0.25) is 0 Å². The minimum atomic E-state index is -0.343. The van der Waals surface area contributed by atoms with Crippen LogP contribution in [0.3, 0.4) is 0 Å². The summed E-state index contributed by atoms with van der Waals surface area (Å²) in [6, 6.07) is 38.6. The molecule has 0 unspecified atom stereocenters. The van der Waals surface area contributed by atoms with Gasteiger partial charge in [-0.05, 0) is 108 Å². The molecular formula is C41H33NO2. The molecule has 0 bridgehead atoms. The monoisotopic (exact) mass is 571 g/mol. The maximum absolute atomic E-state index is 6.04. The van der Waals surface area contributed by atoms with Gasteiger partial charge in [0.1, 0.15) is 23.0 Å². The van der Waals surface area contributed by atoms with Gasteiger partial charge >= 0.3 is 0 Å². The Kier molecular flexibility index (Phi) is 5.21. The highest BCUT2D eigenvalue weighted by Gasteiger charge is 2.51. The summed E-state index contributed by atoms with van der Waals surface area (Å²) in [7, 11) is 0. The van der Waals surface area contributed by atoms with E-state index in [2.05, 4.69) is 122 Å². The van der Waals surface area contributed by atoms with Crippen LogP contribution >= 0.6 is 0 Å². The van der Waals surface area contributed by atoms with E-state index in [4.69, 9.17) is 8.83 Å². The van der Waals surface area contributed by atoms with E-state index in [9.17, 15) is 0 Å². The Labute approximate surface area is 258 Å². The van der Waals surface area contributed by atoms with Crippen LogP contribution in [-0.4, -0.2) is 13.1 Å². The van der Waals surface area contributed by atoms with Crippen LogP contribution in [0.4, 0.5) is 5.69 Å². The maximum Gasteiger partial charge on any atom is 0.108 e. The second-order valence-corrected chi connectivity index (χ2v) is 12.6. The van der Waals surface area contributed by atoms with Crippen LogP contribution in [0.5, 0.6) is 0 Å².